The van der Waals surface area contributed by atoms with Crippen molar-refractivity contribution < 1.29 is 28.1 Å². The molecule has 0 bridgehead atoms. The van der Waals surface area contributed by atoms with E-state index in [1.165, 1.54) is 0 Å². The van der Waals surface area contributed by atoms with Crippen LogP contribution in [0.2, 0.25) is 18.1 Å². The van der Waals surface area contributed by atoms with Crippen molar-refractivity contribution in [3.8, 4) is 0 Å². The highest BCUT2D eigenvalue weighted by Crippen LogP contribution is 2.41. The zero-order chi connectivity index (χ0) is 24.4. The van der Waals surface area contributed by atoms with Crippen LogP contribution >= 0.6 is 0 Å². The highest BCUT2D eigenvalue weighted by atomic mass is 28.4. The molecule has 2 aliphatic heterocycles. The standard InChI is InChI=1S/C23H37N3O6Si/c1-22(2,3)33(7,8)29-14-17-18(28-13-15-11-9-10-12-16(15)25-26-24)19-20(21(27-6)30-17)32-23(4,5)31-19/h9-12,17-21H,13-14H2,1-8H3/t17-,18-,19+,20+,21+/m1/s1. The minimum absolute atomic E-state index is 0.0599. The summed E-state index contributed by atoms with van der Waals surface area (Å²) in [4.78, 5) is 2.92. The molecule has 1 aromatic carbocycles. The third-order valence-electron chi connectivity index (χ3n) is 6.65. The van der Waals surface area contributed by atoms with Gasteiger partial charge in [0.25, 0.3) is 0 Å². The molecule has 184 valence electrons. The van der Waals surface area contributed by atoms with Crippen LogP contribution in [0.5, 0.6) is 0 Å². The first-order valence-corrected chi connectivity index (χ1v) is 14.2. The molecule has 1 aromatic rings. The molecule has 0 unspecified atom stereocenters. The van der Waals surface area contributed by atoms with E-state index in [0.29, 0.717) is 12.3 Å². The van der Waals surface area contributed by atoms with Crippen molar-refractivity contribution in [2.75, 3.05) is 13.7 Å². The summed E-state index contributed by atoms with van der Waals surface area (Å²) >= 11 is 0. The Balaban J connectivity index is 1.85. The van der Waals surface area contributed by atoms with Crippen molar-refractivity contribution in [1.82, 2.24) is 0 Å². The summed E-state index contributed by atoms with van der Waals surface area (Å²) in [6, 6.07) is 7.34. The van der Waals surface area contributed by atoms with Crippen molar-refractivity contribution in [2.45, 2.75) is 95.9 Å². The largest absolute Gasteiger partial charge is 0.414 e. The Kier molecular flexibility index (Phi) is 7.92. The van der Waals surface area contributed by atoms with Crippen LogP contribution < -0.4 is 0 Å². The first kappa shape index (κ1) is 26.1. The lowest BCUT2D eigenvalue weighted by atomic mass is 9.99. The Hall–Kier alpha value is -1.49. The van der Waals surface area contributed by atoms with Gasteiger partial charge >= 0.3 is 0 Å². The summed E-state index contributed by atoms with van der Waals surface area (Å²) in [6.07, 6.45) is -2.33. The summed E-state index contributed by atoms with van der Waals surface area (Å²) in [5, 5.41) is 3.83. The Morgan fingerprint density at radius 2 is 1.82 bits per heavy atom. The van der Waals surface area contributed by atoms with Crippen LogP contribution in [0.25, 0.3) is 10.4 Å². The monoisotopic (exact) mass is 479 g/mol. The molecule has 2 heterocycles. The second kappa shape index (κ2) is 10.0. The second-order valence-corrected chi connectivity index (χ2v) is 15.3. The molecule has 0 radical (unpaired) electrons. The van der Waals surface area contributed by atoms with Gasteiger partial charge in [-0.3, -0.25) is 0 Å². The first-order valence-electron chi connectivity index (χ1n) is 11.3. The van der Waals surface area contributed by atoms with E-state index >= 15 is 0 Å². The van der Waals surface area contributed by atoms with E-state index in [4.69, 9.17) is 33.6 Å². The Bertz CT molecular complexity index is 868. The van der Waals surface area contributed by atoms with Crippen LogP contribution in [0.4, 0.5) is 5.69 Å². The zero-order valence-electron chi connectivity index (χ0n) is 20.9. The Morgan fingerprint density at radius 1 is 1.15 bits per heavy atom. The first-order chi connectivity index (χ1) is 15.4. The third kappa shape index (κ3) is 5.96. The van der Waals surface area contributed by atoms with E-state index in [0.717, 1.165) is 5.56 Å². The van der Waals surface area contributed by atoms with Crippen LogP contribution in [-0.4, -0.2) is 58.5 Å². The van der Waals surface area contributed by atoms with Gasteiger partial charge in [-0.1, -0.05) is 50.2 Å². The summed E-state index contributed by atoms with van der Waals surface area (Å²) in [5.74, 6) is -0.796. The molecule has 2 aliphatic rings. The van der Waals surface area contributed by atoms with Crippen LogP contribution in [0, 0.1) is 0 Å². The number of benzene rings is 1. The SMILES string of the molecule is CO[C@H]1O[C@H](CO[Si](C)(C)C(C)(C)C)[C@@H](OCc2ccccc2N=[N+]=[N-])[C@@H]2OC(C)(C)O[C@H]12. The van der Waals surface area contributed by atoms with E-state index in [9.17, 15) is 0 Å². The maximum atomic E-state index is 8.89. The van der Waals surface area contributed by atoms with E-state index in [1.54, 1.807) is 13.2 Å². The number of hydrogen-bond acceptors (Lipinski definition) is 7. The molecule has 0 aromatic heterocycles. The summed E-state index contributed by atoms with van der Waals surface area (Å²) in [5.41, 5.74) is 10.2. The fourth-order valence-electron chi connectivity index (χ4n) is 3.82. The third-order valence-corrected chi connectivity index (χ3v) is 11.2. The smallest absolute Gasteiger partial charge is 0.192 e. The van der Waals surface area contributed by atoms with Gasteiger partial charge in [-0.15, -0.1) is 0 Å². The van der Waals surface area contributed by atoms with Gasteiger partial charge < -0.3 is 28.1 Å². The lowest BCUT2D eigenvalue weighted by Gasteiger charge is -2.43. The number of methoxy groups -OCH3 is 1. The van der Waals surface area contributed by atoms with Gasteiger partial charge in [0.2, 0.25) is 0 Å². The van der Waals surface area contributed by atoms with Crippen molar-refractivity contribution in [3.63, 3.8) is 0 Å². The topological polar surface area (TPSA) is 104 Å². The number of fused-ring (bicyclic) bond motifs is 1. The van der Waals surface area contributed by atoms with Crippen molar-refractivity contribution in [3.05, 3.63) is 40.3 Å². The summed E-state index contributed by atoms with van der Waals surface area (Å²) < 4.78 is 37.1. The molecule has 5 atom stereocenters. The predicted molar refractivity (Wildman–Crippen MR) is 126 cm³/mol. The number of ether oxygens (including phenoxy) is 5. The predicted octanol–water partition coefficient (Wildman–Crippen LogP) is 5.43. The Labute approximate surface area is 197 Å². The minimum Gasteiger partial charge on any atom is -0.414 e. The molecule has 9 nitrogen and oxygen atoms in total. The highest BCUT2D eigenvalue weighted by molar-refractivity contribution is 6.74. The minimum atomic E-state index is -2.02. The maximum absolute atomic E-state index is 8.89. The van der Waals surface area contributed by atoms with Gasteiger partial charge in [0, 0.05) is 17.7 Å². The molecule has 0 N–H and O–H groups in total. The molecular formula is C23H37N3O6Si. The van der Waals surface area contributed by atoms with Crippen molar-refractivity contribution in [2.24, 2.45) is 5.11 Å². The molecule has 33 heavy (non-hydrogen) atoms. The average molecular weight is 480 g/mol. The molecule has 0 spiro atoms. The van der Waals surface area contributed by atoms with E-state index in [2.05, 4.69) is 43.9 Å². The quantitative estimate of drug-likeness (QED) is 0.213. The number of azide groups is 1. The fraction of sp³-hybridized carbons (Fsp3) is 0.739. The molecular weight excluding hydrogens is 442 g/mol. The Morgan fingerprint density at radius 3 is 2.45 bits per heavy atom. The van der Waals surface area contributed by atoms with E-state index in [1.807, 2.05) is 32.0 Å². The number of hydrogen-bond donors (Lipinski definition) is 0. The van der Waals surface area contributed by atoms with E-state index < -0.39 is 44.8 Å². The van der Waals surface area contributed by atoms with Gasteiger partial charge in [-0.25, -0.2) is 0 Å². The molecule has 0 aliphatic carbocycles. The van der Waals surface area contributed by atoms with Gasteiger partial charge in [-0.2, -0.15) is 0 Å². The van der Waals surface area contributed by atoms with Gasteiger partial charge in [0.1, 0.15) is 24.4 Å². The molecule has 10 heteroatoms. The van der Waals surface area contributed by atoms with Gasteiger partial charge in [0.05, 0.1) is 13.2 Å². The lowest BCUT2D eigenvalue weighted by molar-refractivity contribution is -0.279. The number of nitrogens with zero attached hydrogens (tertiary/aromatic N) is 3. The average Bonchev–Trinajstić information content (AvgIpc) is 3.06. The normalized spacial score (nSPS) is 29.4. The molecule has 0 amide bonds. The van der Waals surface area contributed by atoms with Crippen molar-refractivity contribution in [1.29, 1.82) is 0 Å². The molecule has 2 fully saturated rings. The molecule has 2 saturated heterocycles. The highest BCUT2D eigenvalue weighted by Gasteiger charge is 2.56. The van der Waals surface area contributed by atoms with Crippen LogP contribution in [0.15, 0.2) is 29.4 Å². The fourth-order valence-corrected chi connectivity index (χ4v) is 4.83. The van der Waals surface area contributed by atoms with Crippen LogP contribution in [0.1, 0.15) is 40.2 Å². The van der Waals surface area contributed by atoms with Gasteiger partial charge in [0.15, 0.2) is 20.4 Å². The van der Waals surface area contributed by atoms with Crippen LogP contribution in [0.3, 0.4) is 0 Å². The van der Waals surface area contributed by atoms with E-state index in [-0.39, 0.29) is 11.6 Å². The maximum Gasteiger partial charge on any atom is 0.192 e. The van der Waals surface area contributed by atoms with Gasteiger partial charge in [-0.05, 0) is 43.1 Å². The van der Waals surface area contributed by atoms with Crippen molar-refractivity contribution >= 4 is 14.0 Å². The summed E-state index contributed by atoms with van der Waals surface area (Å²) in [7, 11) is -0.426. The summed E-state index contributed by atoms with van der Waals surface area (Å²) in [6.45, 7) is 15.3. The number of rotatable bonds is 8. The zero-order valence-corrected chi connectivity index (χ0v) is 21.9. The second-order valence-electron chi connectivity index (χ2n) is 10.5. The molecule has 3 rings (SSSR count). The lowest BCUT2D eigenvalue weighted by Crippen LogP contribution is -2.59. The molecule has 0 saturated carbocycles. The van der Waals surface area contributed by atoms with Crippen LogP contribution in [-0.2, 0) is 34.7 Å².